The summed E-state index contributed by atoms with van der Waals surface area (Å²) in [5.41, 5.74) is 0.880. The normalized spacial score (nSPS) is 40.1. The van der Waals surface area contributed by atoms with Gasteiger partial charge in [-0.2, -0.15) is 0 Å². The number of aromatic nitrogens is 3. The number of halogens is 1. The molecule has 6 heteroatoms. The van der Waals surface area contributed by atoms with Gasteiger partial charge in [-0.15, -0.1) is 6.58 Å². The van der Waals surface area contributed by atoms with E-state index in [1.165, 1.54) is 6.33 Å². The second-order valence-corrected chi connectivity index (χ2v) is 7.62. The van der Waals surface area contributed by atoms with E-state index in [-0.39, 0.29) is 23.7 Å². The van der Waals surface area contributed by atoms with Gasteiger partial charge in [0.2, 0.25) is 0 Å². The van der Waals surface area contributed by atoms with Crippen molar-refractivity contribution in [1.29, 1.82) is 0 Å². The van der Waals surface area contributed by atoms with Crippen LogP contribution in [-0.2, 0) is 9.47 Å². The zero-order valence-electron chi connectivity index (χ0n) is 13.1. The molecule has 120 valence electrons. The molecule has 5 rings (SSSR count). The number of ether oxygens (including phenoxy) is 2. The fourth-order valence-corrected chi connectivity index (χ4v) is 4.85. The van der Waals surface area contributed by atoms with Crippen LogP contribution in [0.2, 0.25) is 5.15 Å². The summed E-state index contributed by atoms with van der Waals surface area (Å²) < 4.78 is 14.7. The summed E-state index contributed by atoms with van der Waals surface area (Å²) in [5.74, 6) is -0.0948. The molecule has 1 aliphatic heterocycles. The maximum Gasteiger partial charge on any atom is 0.163 e. The molecule has 3 heterocycles. The molecule has 2 aromatic heterocycles. The molecular weight excluding hydrogens is 314 g/mol. The predicted molar refractivity (Wildman–Crippen MR) is 86.1 cm³/mol. The van der Waals surface area contributed by atoms with Gasteiger partial charge < -0.3 is 14.0 Å². The van der Waals surface area contributed by atoms with E-state index in [1.54, 1.807) is 0 Å². The van der Waals surface area contributed by atoms with Crippen molar-refractivity contribution in [3.05, 3.63) is 36.4 Å². The summed E-state index contributed by atoms with van der Waals surface area (Å²) in [6.45, 7) is 8.02. The van der Waals surface area contributed by atoms with Crippen molar-refractivity contribution < 1.29 is 9.47 Å². The Labute approximate surface area is 139 Å². The maximum atomic E-state index is 6.25. The molecule has 3 aliphatic rings. The second-order valence-electron chi connectivity index (χ2n) is 7.26. The van der Waals surface area contributed by atoms with Crippen LogP contribution < -0.4 is 0 Å². The summed E-state index contributed by atoms with van der Waals surface area (Å²) in [5, 5.41) is 1.36. The number of rotatable bonds is 2. The first kappa shape index (κ1) is 14.0. The van der Waals surface area contributed by atoms with Crippen LogP contribution in [0, 0.1) is 11.3 Å². The molecule has 0 N–H and O–H groups in total. The van der Waals surface area contributed by atoms with E-state index in [1.807, 2.05) is 26.1 Å². The summed E-state index contributed by atoms with van der Waals surface area (Å²) >= 11 is 6.20. The van der Waals surface area contributed by atoms with Crippen LogP contribution in [0.4, 0.5) is 0 Å². The van der Waals surface area contributed by atoms with Gasteiger partial charge >= 0.3 is 0 Å². The zero-order chi connectivity index (χ0) is 16.0. The number of hydrogen-bond donors (Lipinski definition) is 0. The number of nitrogens with zero attached hydrogens (tertiary/aromatic N) is 3. The Bertz CT molecular complexity index is 832. The van der Waals surface area contributed by atoms with Gasteiger partial charge in [0.25, 0.3) is 0 Å². The molecule has 0 aromatic carbocycles. The predicted octanol–water partition coefficient (Wildman–Crippen LogP) is 3.35. The molecule has 23 heavy (non-hydrogen) atoms. The van der Waals surface area contributed by atoms with Gasteiger partial charge in [0.05, 0.1) is 17.5 Å². The topological polar surface area (TPSA) is 49.2 Å². The summed E-state index contributed by atoms with van der Waals surface area (Å²) in [6, 6.07) is 2.16. The van der Waals surface area contributed by atoms with Crippen molar-refractivity contribution in [2.45, 2.75) is 44.3 Å². The van der Waals surface area contributed by atoms with Gasteiger partial charge in [0.15, 0.2) is 5.79 Å². The second kappa shape index (κ2) is 4.15. The molecule has 0 spiro atoms. The quantitative estimate of drug-likeness (QED) is 0.625. The Balaban J connectivity index is 1.65. The number of fused-ring (bicyclic) bond motifs is 4. The monoisotopic (exact) mass is 331 g/mol. The fourth-order valence-electron chi connectivity index (χ4n) is 4.65. The standard InChI is InChI=1S/C17H18ClN3O2/c1-4-17-7-10(17)11(12-13(17)23-16(2,3)22-12)21-6-5-9-14(18)19-8-20-15(9)21/h4-6,8,10-13H,1,7H2,2-3H3/t10-,11-,12+,13+,17+/m1/s1. The van der Waals surface area contributed by atoms with Crippen molar-refractivity contribution >= 4 is 22.6 Å². The van der Waals surface area contributed by atoms with E-state index in [2.05, 4.69) is 27.2 Å². The van der Waals surface area contributed by atoms with E-state index in [0.717, 1.165) is 17.5 Å². The molecule has 3 fully saturated rings. The van der Waals surface area contributed by atoms with Crippen molar-refractivity contribution in [3.8, 4) is 0 Å². The third-order valence-corrected chi connectivity index (χ3v) is 5.97. The summed E-state index contributed by atoms with van der Waals surface area (Å²) in [6.07, 6.45) is 6.76. The van der Waals surface area contributed by atoms with Gasteiger partial charge in [-0.3, -0.25) is 0 Å². The Kier molecular flexibility index (Phi) is 2.52. The lowest BCUT2D eigenvalue weighted by atomic mass is 10.00. The van der Waals surface area contributed by atoms with E-state index in [0.29, 0.717) is 11.1 Å². The largest absolute Gasteiger partial charge is 0.344 e. The van der Waals surface area contributed by atoms with Crippen LogP contribution in [0.5, 0.6) is 0 Å². The summed E-state index contributed by atoms with van der Waals surface area (Å²) in [4.78, 5) is 8.51. The van der Waals surface area contributed by atoms with Crippen molar-refractivity contribution in [3.63, 3.8) is 0 Å². The molecule has 5 atom stereocenters. The van der Waals surface area contributed by atoms with Crippen LogP contribution in [0.25, 0.3) is 11.0 Å². The van der Waals surface area contributed by atoms with Gasteiger partial charge in [0, 0.05) is 11.6 Å². The fraction of sp³-hybridized carbons (Fsp3) is 0.529. The first-order valence-electron chi connectivity index (χ1n) is 7.93. The average Bonchev–Trinajstić information content (AvgIpc) is 2.78. The van der Waals surface area contributed by atoms with Gasteiger partial charge in [-0.1, -0.05) is 17.7 Å². The SMILES string of the molecule is C=C[C@]12C[C@@H]1[C@@H](n1ccc3c(Cl)ncnc31)[C@@H]1OC(C)(C)O[C@@H]12. The van der Waals surface area contributed by atoms with E-state index >= 15 is 0 Å². The van der Waals surface area contributed by atoms with Gasteiger partial charge in [-0.25, -0.2) is 9.97 Å². The van der Waals surface area contributed by atoms with Crippen LogP contribution in [-0.4, -0.2) is 32.5 Å². The zero-order valence-corrected chi connectivity index (χ0v) is 13.8. The highest BCUT2D eigenvalue weighted by atomic mass is 35.5. The molecule has 0 radical (unpaired) electrons. The van der Waals surface area contributed by atoms with Gasteiger partial charge in [-0.05, 0) is 32.3 Å². The molecule has 0 amide bonds. The highest BCUT2D eigenvalue weighted by Crippen LogP contribution is 2.72. The molecule has 2 aromatic rings. The highest BCUT2D eigenvalue weighted by molar-refractivity contribution is 6.33. The minimum Gasteiger partial charge on any atom is -0.344 e. The van der Waals surface area contributed by atoms with Crippen LogP contribution in [0.1, 0.15) is 26.3 Å². The molecular formula is C17H18ClN3O2. The lowest BCUT2D eigenvalue weighted by Crippen LogP contribution is -2.31. The van der Waals surface area contributed by atoms with Crippen molar-refractivity contribution in [2.75, 3.05) is 0 Å². The lowest BCUT2D eigenvalue weighted by Gasteiger charge is -2.24. The third-order valence-electron chi connectivity index (χ3n) is 5.67. The molecule has 0 unspecified atom stereocenters. The van der Waals surface area contributed by atoms with Crippen LogP contribution in [0.15, 0.2) is 31.2 Å². The first-order chi connectivity index (χ1) is 11.0. The smallest absolute Gasteiger partial charge is 0.163 e. The number of hydrogen-bond acceptors (Lipinski definition) is 4. The Morgan fingerprint density at radius 2 is 2.22 bits per heavy atom. The van der Waals surface area contributed by atoms with Gasteiger partial charge in [0.1, 0.15) is 23.2 Å². The van der Waals surface area contributed by atoms with Crippen LogP contribution >= 0.6 is 11.6 Å². The van der Waals surface area contributed by atoms with Crippen molar-refractivity contribution in [2.24, 2.45) is 11.3 Å². The molecule has 2 aliphatic carbocycles. The Hall–Kier alpha value is -1.43. The lowest BCUT2D eigenvalue weighted by molar-refractivity contribution is -0.159. The third kappa shape index (κ3) is 1.65. The van der Waals surface area contributed by atoms with Crippen LogP contribution in [0.3, 0.4) is 0 Å². The average molecular weight is 332 g/mol. The first-order valence-corrected chi connectivity index (χ1v) is 8.31. The Morgan fingerprint density at radius 3 is 3.00 bits per heavy atom. The van der Waals surface area contributed by atoms with Crippen molar-refractivity contribution in [1.82, 2.24) is 14.5 Å². The Morgan fingerprint density at radius 1 is 1.39 bits per heavy atom. The summed E-state index contributed by atoms with van der Waals surface area (Å²) in [7, 11) is 0. The van der Waals surface area contributed by atoms with E-state index < -0.39 is 5.79 Å². The molecule has 0 bridgehead atoms. The minimum absolute atomic E-state index is 0.00564. The molecule has 5 nitrogen and oxygen atoms in total. The highest BCUT2D eigenvalue weighted by Gasteiger charge is 2.74. The molecule has 2 saturated carbocycles. The van der Waals surface area contributed by atoms with E-state index in [4.69, 9.17) is 21.1 Å². The molecule has 1 saturated heterocycles. The van der Waals surface area contributed by atoms with E-state index in [9.17, 15) is 0 Å². The maximum absolute atomic E-state index is 6.25. The minimum atomic E-state index is -0.563.